The highest BCUT2D eigenvalue weighted by molar-refractivity contribution is 7.93. The van der Waals surface area contributed by atoms with Crippen molar-refractivity contribution >= 4 is 68.0 Å². The number of hydrogen-bond donors (Lipinski definition) is 1. The Morgan fingerprint density at radius 1 is 1.17 bits per heavy atom. The fourth-order valence-corrected chi connectivity index (χ4v) is 7.42. The van der Waals surface area contributed by atoms with Gasteiger partial charge in [0, 0.05) is 30.5 Å². The molecule has 2 saturated heterocycles. The van der Waals surface area contributed by atoms with E-state index in [1.165, 1.54) is 12.1 Å². The van der Waals surface area contributed by atoms with E-state index in [1.807, 2.05) is 6.21 Å². The van der Waals surface area contributed by atoms with E-state index < -0.39 is 10.0 Å². The van der Waals surface area contributed by atoms with Gasteiger partial charge in [-0.3, -0.25) is 14.3 Å². The molecular weight excluding hydrogens is 522 g/mol. The smallest absolute Gasteiger partial charge is 0.264 e. The number of anilines is 1. The van der Waals surface area contributed by atoms with Gasteiger partial charge in [0.15, 0.2) is 12.3 Å². The summed E-state index contributed by atoms with van der Waals surface area (Å²) in [6.45, 7) is 0.956. The number of carbonyl (C=O) groups excluding carboxylic acids is 2. The van der Waals surface area contributed by atoms with E-state index in [-0.39, 0.29) is 51.4 Å². The van der Waals surface area contributed by atoms with Gasteiger partial charge in [0.2, 0.25) is 11.8 Å². The molecule has 2 aromatic carbocycles. The molecule has 6 rings (SSSR count). The van der Waals surface area contributed by atoms with Crippen LogP contribution in [0.2, 0.25) is 5.02 Å². The zero-order valence-corrected chi connectivity index (χ0v) is 21.3. The van der Waals surface area contributed by atoms with Crippen molar-refractivity contribution in [3.63, 3.8) is 0 Å². The van der Waals surface area contributed by atoms with Gasteiger partial charge < -0.3 is 4.90 Å². The van der Waals surface area contributed by atoms with Crippen LogP contribution in [0.1, 0.15) is 23.2 Å². The van der Waals surface area contributed by atoms with E-state index in [4.69, 9.17) is 11.6 Å². The number of nitrogens with zero attached hydrogens (tertiary/aromatic N) is 4. The predicted octanol–water partition coefficient (Wildman–Crippen LogP) is 2.97. The number of carbonyl (C=O) groups is 2. The molecule has 12 heteroatoms. The molecule has 9 nitrogen and oxygen atoms in total. The van der Waals surface area contributed by atoms with Gasteiger partial charge in [-0.2, -0.15) is 8.75 Å². The molecule has 1 N–H and O–H groups in total. The van der Waals surface area contributed by atoms with Gasteiger partial charge >= 0.3 is 0 Å². The number of aromatic nitrogens is 2. The Kier molecular flexibility index (Phi) is 5.66. The maximum atomic E-state index is 13.7. The number of benzene rings is 2. The largest absolute Gasteiger partial charge is 0.332 e. The number of ketones is 1. The molecule has 0 aliphatic carbocycles. The average Bonchev–Trinajstić information content (AvgIpc) is 3.33. The van der Waals surface area contributed by atoms with Gasteiger partial charge in [-0.1, -0.05) is 17.7 Å². The molecule has 3 atom stereocenters. The molecule has 2 bridgehead atoms. The van der Waals surface area contributed by atoms with Gasteiger partial charge in [0.05, 0.1) is 29.5 Å². The molecule has 1 aromatic heterocycles. The van der Waals surface area contributed by atoms with E-state index in [2.05, 4.69) is 18.0 Å². The van der Waals surface area contributed by atoms with E-state index in [1.54, 1.807) is 41.3 Å². The van der Waals surface area contributed by atoms with Gasteiger partial charge in [-0.05, 0) is 42.3 Å². The number of hydrogen-bond acceptors (Lipinski definition) is 7. The Balaban J connectivity index is 1.31. The topological polar surface area (TPSA) is 112 Å². The molecule has 0 spiro atoms. The minimum Gasteiger partial charge on any atom is -0.332 e. The third-order valence-electron chi connectivity index (χ3n) is 6.98. The molecule has 3 aliphatic rings. The monoisotopic (exact) mass is 542 g/mol. The van der Waals surface area contributed by atoms with Crippen molar-refractivity contribution in [1.82, 2.24) is 13.6 Å². The van der Waals surface area contributed by atoms with E-state index >= 15 is 0 Å². The third-order valence-corrected chi connectivity index (χ3v) is 9.16. The van der Waals surface area contributed by atoms with Gasteiger partial charge in [0.25, 0.3) is 15.9 Å². The zero-order chi connectivity index (χ0) is 25.0. The van der Waals surface area contributed by atoms with Crippen LogP contribution in [0.15, 0.2) is 53.4 Å². The molecule has 2 fully saturated rings. The van der Waals surface area contributed by atoms with Crippen molar-refractivity contribution < 1.29 is 22.6 Å². The molecule has 36 heavy (non-hydrogen) atoms. The Bertz CT molecular complexity index is 1580. The second-order valence-corrected chi connectivity index (χ2v) is 11.9. The van der Waals surface area contributed by atoms with Crippen LogP contribution in [0.4, 0.5) is 5.69 Å². The first kappa shape index (κ1) is 23.3. The molecule has 184 valence electrons. The fraction of sp³-hybridized carbons (Fsp3) is 0.292. The van der Waals surface area contributed by atoms with Crippen molar-refractivity contribution in [2.45, 2.75) is 29.8 Å². The summed E-state index contributed by atoms with van der Waals surface area (Å²) >= 11 is 7.13. The van der Waals surface area contributed by atoms with E-state index in [9.17, 15) is 18.0 Å². The summed E-state index contributed by atoms with van der Waals surface area (Å²) in [5, 5.41) is 0.296. The van der Waals surface area contributed by atoms with E-state index in [0.717, 1.165) is 18.1 Å². The van der Waals surface area contributed by atoms with Crippen LogP contribution in [0, 0.1) is 5.92 Å². The normalized spacial score (nSPS) is 23.4. The van der Waals surface area contributed by atoms with Crippen molar-refractivity contribution in [3.8, 4) is 0 Å². The average molecular weight is 543 g/mol. The number of sulfonamides is 1. The Labute approximate surface area is 216 Å². The van der Waals surface area contributed by atoms with Crippen LogP contribution in [-0.2, 0) is 14.8 Å². The summed E-state index contributed by atoms with van der Waals surface area (Å²) in [5.41, 5.74) is 1.06. The summed E-state index contributed by atoms with van der Waals surface area (Å²) < 4.78 is 39.5. The number of rotatable bonds is 4. The van der Waals surface area contributed by atoms with Crippen molar-refractivity contribution in [1.29, 1.82) is 0 Å². The SMILES string of the molecule is O=C1C=CC=[N+]2C1C[C@H]1C[C@@H]2CN(C(=O)c2ccc(Cl)cc2NS(=O)(=O)c2cccc3nsnc23)C1. The maximum absolute atomic E-state index is 13.7. The van der Waals surface area contributed by atoms with Gasteiger partial charge in [0.1, 0.15) is 15.9 Å². The Morgan fingerprint density at radius 2 is 2.03 bits per heavy atom. The van der Waals surface area contributed by atoms with E-state index in [0.29, 0.717) is 30.0 Å². The third kappa shape index (κ3) is 4.00. The maximum Gasteiger partial charge on any atom is 0.264 e. The fourth-order valence-electron chi connectivity index (χ4n) is 5.41. The molecule has 3 aromatic rings. The van der Waals surface area contributed by atoms with Crippen LogP contribution in [0.5, 0.6) is 0 Å². The molecule has 3 aliphatic heterocycles. The summed E-state index contributed by atoms with van der Waals surface area (Å²) in [6.07, 6.45) is 6.88. The molecule has 4 heterocycles. The van der Waals surface area contributed by atoms with Crippen LogP contribution < -0.4 is 4.72 Å². The van der Waals surface area contributed by atoms with Crippen molar-refractivity contribution in [2.24, 2.45) is 5.92 Å². The van der Waals surface area contributed by atoms with Gasteiger partial charge in [-0.25, -0.2) is 13.0 Å². The highest BCUT2D eigenvalue weighted by atomic mass is 35.5. The minimum atomic E-state index is -4.08. The number of amides is 1. The highest BCUT2D eigenvalue weighted by Gasteiger charge is 2.47. The number of nitrogens with one attached hydrogen (secondary N) is 1. The van der Waals surface area contributed by atoms with Crippen LogP contribution in [-0.4, -0.2) is 69.7 Å². The van der Waals surface area contributed by atoms with Crippen LogP contribution >= 0.6 is 23.3 Å². The Morgan fingerprint density at radius 3 is 2.89 bits per heavy atom. The van der Waals surface area contributed by atoms with Crippen LogP contribution in [0.3, 0.4) is 0 Å². The zero-order valence-electron chi connectivity index (χ0n) is 18.9. The summed E-state index contributed by atoms with van der Waals surface area (Å²) in [7, 11) is -4.08. The number of likely N-dealkylation sites (tertiary alicyclic amines) is 1. The molecular formula is C24H21ClN5O4S2+. The lowest BCUT2D eigenvalue weighted by Crippen LogP contribution is -2.58. The first-order chi connectivity index (χ1) is 17.3. The van der Waals surface area contributed by atoms with Crippen LogP contribution in [0.25, 0.3) is 11.0 Å². The first-order valence-corrected chi connectivity index (χ1v) is 14.0. The molecule has 1 amide bonds. The molecule has 1 unspecified atom stereocenters. The number of allylic oxidation sites excluding steroid dienone is 1. The lowest BCUT2D eigenvalue weighted by molar-refractivity contribution is -0.601. The molecule has 0 radical (unpaired) electrons. The quantitative estimate of drug-likeness (QED) is 0.507. The number of fused-ring (bicyclic) bond motifs is 5. The van der Waals surface area contributed by atoms with Crippen molar-refractivity contribution in [2.75, 3.05) is 17.8 Å². The minimum absolute atomic E-state index is 0.0240. The summed E-state index contributed by atoms with van der Waals surface area (Å²) in [4.78, 5) is 27.8. The van der Waals surface area contributed by atoms with Crippen molar-refractivity contribution in [3.05, 3.63) is 59.1 Å². The second kappa shape index (κ2) is 8.75. The summed E-state index contributed by atoms with van der Waals surface area (Å²) in [5.74, 6) is 0.0108. The Hall–Kier alpha value is -3.15. The second-order valence-electron chi connectivity index (χ2n) is 9.26. The lowest BCUT2D eigenvalue weighted by atomic mass is 9.81. The van der Waals surface area contributed by atoms with Gasteiger partial charge in [-0.15, -0.1) is 0 Å². The standard InChI is InChI=1S/C24H20ClN5O4S2/c25-15-6-7-17(19(11-15)28-36(33,34)22-5-1-3-18-23(22)27-35-26-18)24(32)29-12-14-9-16(13-29)30-8-2-4-21(31)20(30)10-14/h1-8,11,14,16,20H,9-10,12-13H2/p+1/t14-,16-,20?/m1/s1. The number of piperidine rings is 2. The predicted molar refractivity (Wildman–Crippen MR) is 136 cm³/mol. The number of halogens is 1. The molecule has 0 saturated carbocycles. The highest BCUT2D eigenvalue weighted by Crippen LogP contribution is 2.34. The lowest BCUT2D eigenvalue weighted by Gasteiger charge is -2.42. The summed E-state index contributed by atoms with van der Waals surface area (Å²) in [6, 6.07) is 9.14. The first-order valence-electron chi connectivity index (χ1n) is 11.5.